The number of aryl methyl sites for hydroxylation is 3. The third kappa shape index (κ3) is 5.02. The quantitative estimate of drug-likeness (QED) is 0.138. The van der Waals surface area contributed by atoms with Crippen LogP contribution in [-0.2, 0) is 25.5 Å². The van der Waals surface area contributed by atoms with Crippen LogP contribution in [-0.4, -0.2) is 27.6 Å². The number of hydrogen-bond acceptors (Lipinski definition) is 2. The van der Waals surface area contributed by atoms with Crippen molar-refractivity contribution in [2.24, 2.45) is 0 Å². The summed E-state index contributed by atoms with van der Waals surface area (Å²) in [6.45, 7) is 10.7. The normalized spacial score (nSPS) is 13.5. The molecule has 1 aliphatic carbocycles. The van der Waals surface area contributed by atoms with E-state index in [2.05, 4.69) is 117 Å². The van der Waals surface area contributed by atoms with Gasteiger partial charge in [0.05, 0.1) is 0 Å². The zero-order valence-electron chi connectivity index (χ0n) is 24.2. The number of benzene rings is 3. The van der Waals surface area contributed by atoms with E-state index in [1.165, 1.54) is 33.4 Å². The van der Waals surface area contributed by atoms with Crippen molar-refractivity contribution in [1.29, 1.82) is 0 Å². The number of fused-ring (bicyclic) bond motifs is 4. The van der Waals surface area contributed by atoms with Gasteiger partial charge in [-0.25, -0.2) is 0 Å². The van der Waals surface area contributed by atoms with E-state index >= 15 is 0 Å². The van der Waals surface area contributed by atoms with Gasteiger partial charge in [0.2, 0.25) is 0 Å². The van der Waals surface area contributed by atoms with Crippen LogP contribution in [0.25, 0.3) is 22.4 Å². The first kappa shape index (κ1) is 28.5. The van der Waals surface area contributed by atoms with E-state index in [1.807, 2.05) is 42.2 Å². The Morgan fingerprint density at radius 2 is 1.61 bits per heavy atom. The van der Waals surface area contributed by atoms with Crippen molar-refractivity contribution >= 4 is 23.1 Å². The first-order valence-corrected chi connectivity index (χ1v) is 13.6. The molecule has 0 saturated carbocycles. The first-order chi connectivity index (χ1) is 19.3. The minimum Gasteiger partial charge on any atom is -0.304 e. The fourth-order valence-corrected chi connectivity index (χ4v) is 5.56. The minimum absolute atomic E-state index is 0. The van der Waals surface area contributed by atoms with Crippen LogP contribution >= 0.6 is 0 Å². The third-order valence-electron chi connectivity index (χ3n) is 7.87. The van der Waals surface area contributed by atoms with Crippen LogP contribution in [0.5, 0.6) is 0 Å². The van der Waals surface area contributed by atoms with Crippen LogP contribution in [0.2, 0.25) is 0 Å². The van der Waals surface area contributed by atoms with Crippen molar-refractivity contribution in [1.82, 2.24) is 14.5 Å². The van der Waals surface area contributed by atoms with Gasteiger partial charge in [0.15, 0.2) is 7.05 Å². The van der Waals surface area contributed by atoms with Gasteiger partial charge in [-0.1, -0.05) is 65.3 Å². The van der Waals surface area contributed by atoms with Gasteiger partial charge >= 0.3 is 6.01 Å². The summed E-state index contributed by atoms with van der Waals surface area (Å²) in [5, 5.41) is 0. The van der Waals surface area contributed by atoms with E-state index in [0.29, 0.717) is 0 Å². The smallest absolute Gasteiger partial charge is 0.304 e. The largest absolute Gasteiger partial charge is 0.494 e. The molecule has 0 fully saturated rings. The average molecular weight is 713 g/mol. The summed E-state index contributed by atoms with van der Waals surface area (Å²) in [6.07, 6.45) is 3.80. The van der Waals surface area contributed by atoms with Crippen molar-refractivity contribution in [3.63, 3.8) is 0 Å². The number of rotatable bonds is 2. The summed E-state index contributed by atoms with van der Waals surface area (Å²) >= 11 is 0. The Kier molecular flexibility index (Phi) is 7.72. The average Bonchev–Trinajstić information content (AvgIpc) is 3.42. The van der Waals surface area contributed by atoms with Crippen molar-refractivity contribution in [3.8, 4) is 22.4 Å². The van der Waals surface area contributed by atoms with E-state index in [1.54, 1.807) is 0 Å². The second-order valence-electron chi connectivity index (χ2n) is 11.1. The summed E-state index contributed by atoms with van der Waals surface area (Å²) in [4.78, 5) is 9.10. The van der Waals surface area contributed by atoms with E-state index in [9.17, 15) is 0 Å². The van der Waals surface area contributed by atoms with Gasteiger partial charge in [-0.2, -0.15) is 12.1 Å². The zero-order chi connectivity index (χ0) is 28.0. The Labute approximate surface area is 256 Å². The van der Waals surface area contributed by atoms with Gasteiger partial charge < -0.3 is 4.98 Å². The Hall–Kier alpha value is -4.01. The van der Waals surface area contributed by atoms with Crippen molar-refractivity contribution in [2.75, 3.05) is 7.05 Å². The first-order valence-electron chi connectivity index (χ1n) is 13.6. The minimum atomic E-state index is -0.170. The standard InChI is InChI=1S/C22H18N3.C14H14N.Ir/c1-22(2)20-15(16-9-7-13-23-21(16)22)8-6-12-19(20)25-14-24(3)17-10-4-5-11-18(17)25;1-10-4-6-13(7-5-10)14-8-11(2)12(3)9-15-14;/h4-11,13H,1-3H3;4-6,8-9H,1-3H3;/q+1;-1;. The summed E-state index contributed by atoms with van der Waals surface area (Å²) in [6, 6.07) is 35.1. The van der Waals surface area contributed by atoms with E-state index in [0.717, 1.165) is 34.0 Å². The number of aromatic nitrogens is 2. The van der Waals surface area contributed by atoms with Crippen molar-refractivity contribution < 1.29 is 24.7 Å². The molecule has 0 bridgehead atoms. The fourth-order valence-electron chi connectivity index (χ4n) is 5.56. The van der Waals surface area contributed by atoms with Crippen LogP contribution in [0.4, 0.5) is 17.1 Å². The molecule has 3 aromatic carbocycles. The summed E-state index contributed by atoms with van der Waals surface area (Å²) in [7, 11) is 2.03. The van der Waals surface area contributed by atoms with Crippen LogP contribution in [0.3, 0.4) is 0 Å². The number of para-hydroxylation sites is 2. The van der Waals surface area contributed by atoms with Gasteiger partial charge in [-0.15, -0.1) is 47.0 Å². The van der Waals surface area contributed by atoms with Crippen molar-refractivity contribution in [2.45, 2.75) is 40.0 Å². The molecule has 5 aromatic rings. The SMILES string of the molecule is C[N+]1=C=[N+](c2[c-]ccc3c2C(C)(C)c2ncccc2-3)c2ccccc21.Cc1c[c-]c(-c2cc(C)c(C)cn2)cc1.[Ir]. The third-order valence-corrected chi connectivity index (χ3v) is 7.87. The molecule has 3 heterocycles. The molecule has 4 nitrogen and oxygen atoms in total. The summed E-state index contributed by atoms with van der Waals surface area (Å²) in [5.41, 5.74) is 13.8. The molecule has 0 saturated heterocycles. The molecule has 7 rings (SSSR count). The van der Waals surface area contributed by atoms with Crippen molar-refractivity contribution in [3.05, 3.63) is 125 Å². The molecule has 0 unspecified atom stereocenters. The molecule has 2 aliphatic rings. The van der Waals surface area contributed by atoms with E-state index in [-0.39, 0.29) is 25.5 Å². The molecule has 0 N–H and O–H groups in total. The number of hydrogen-bond donors (Lipinski definition) is 0. The maximum Gasteiger partial charge on any atom is 0.494 e. The van der Waals surface area contributed by atoms with Crippen LogP contribution in [0.1, 0.15) is 41.8 Å². The fraction of sp³-hybridized carbons (Fsp3) is 0.194. The van der Waals surface area contributed by atoms with Crippen LogP contribution < -0.4 is 4.58 Å². The Morgan fingerprint density at radius 3 is 2.34 bits per heavy atom. The molecule has 2 aromatic heterocycles. The summed E-state index contributed by atoms with van der Waals surface area (Å²) < 4.78 is 4.16. The maximum atomic E-state index is 4.69. The molecule has 0 atom stereocenters. The number of nitrogens with zero attached hydrogens (tertiary/aromatic N) is 4. The monoisotopic (exact) mass is 713 g/mol. The molecule has 5 heteroatoms. The Balaban J connectivity index is 0.000000182. The summed E-state index contributed by atoms with van der Waals surface area (Å²) in [5.74, 6) is 0. The second kappa shape index (κ2) is 11.1. The van der Waals surface area contributed by atoms with Gasteiger partial charge in [-0.05, 0) is 42.1 Å². The van der Waals surface area contributed by atoms with Gasteiger partial charge in [0, 0.05) is 50.3 Å². The molecular formula is C36H32IrN4. The predicted octanol–water partition coefficient (Wildman–Crippen LogP) is 7.96. The molecule has 1 radical (unpaired) electrons. The molecule has 0 amide bonds. The second-order valence-corrected chi connectivity index (χ2v) is 11.1. The Bertz CT molecular complexity index is 1840. The molecule has 205 valence electrons. The van der Waals surface area contributed by atoms with Gasteiger partial charge in [-0.3, -0.25) is 4.98 Å². The zero-order valence-corrected chi connectivity index (χ0v) is 26.6. The Morgan fingerprint density at radius 1 is 0.829 bits per heavy atom. The van der Waals surface area contributed by atoms with Gasteiger partial charge in [0.1, 0.15) is 5.69 Å². The molecule has 41 heavy (non-hydrogen) atoms. The molecule has 1 aliphatic heterocycles. The van der Waals surface area contributed by atoms with E-state index in [4.69, 9.17) is 4.98 Å². The topological polar surface area (TPSA) is 31.8 Å². The van der Waals surface area contributed by atoms with Gasteiger partial charge in [0.25, 0.3) is 11.4 Å². The predicted molar refractivity (Wildman–Crippen MR) is 162 cm³/mol. The number of pyridine rings is 2. The molecular weight excluding hydrogens is 681 g/mol. The maximum absolute atomic E-state index is 4.69. The van der Waals surface area contributed by atoms with E-state index < -0.39 is 0 Å². The van der Waals surface area contributed by atoms with Crippen LogP contribution in [0.15, 0.2) is 85.2 Å². The molecule has 0 spiro atoms. The van der Waals surface area contributed by atoms with Crippen LogP contribution in [0, 0.1) is 32.9 Å².